The molecule has 46 heavy (non-hydrogen) atoms. The van der Waals surface area contributed by atoms with Crippen LogP contribution in [0.4, 0.5) is 18.9 Å². The monoisotopic (exact) mass is 667 g/mol. The first kappa shape index (κ1) is 31.5. The first-order valence-electron chi connectivity index (χ1n) is 14.2. The SMILES string of the molecule is BC1C[C@H](n2cnc(-c3c(-n4cc(Cl)nn4)ccc(Cl)c3F)cc2=O)c2cc(ccn2)-c2c(cnn2C(F)F)NC(=O)[C@H](C)C1B. The average molecular weight is 668 g/mol. The second-order valence-electron chi connectivity index (χ2n) is 11.2. The summed E-state index contributed by atoms with van der Waals surface area (Å²) in [6, 6.07) is 6.39. The Morgan fingerprint density at radius 2 is 1.89 bits per heavy atom. The average Bonchev–Trinajstić information content (AvgIpc) is 3.66. The number of pyridine rings is 1. The molecule has 1 amide bonds. The third-order valence-electron chi connectivity index (χ3n) is 8.54. The van der Waals surface area contributed by atoms with Crippen LogP contribution in [0.5, 0.6) is 0 Å². The number of hydrogen-bond donors (Lipinski definition) is 1. The molecular weight excluding hydrogens is 644 g/mol. The number of amides is 1. The van der Waals surface area contributed by atoms with E-state index < -0.39 is 29.9 Å². The van der Waals surface area contributed by atoms with Crippen molar-refractivity contribution in [3.63, 3.8) is 0 Å². The molecule has 0 saturated carbocycles. The number of fused-ring (bicyclic) bond motifs is 4. The van der Waals surface area contributed by atoms with Gasteiger partial charge in [-0.25, -0.2) is 18.7 Å². The number of hydrogen-bond acceptors (Lipinski definition) is 7. The van der Waals surface area contributed by atoms with E-state index in [0.717, 1.165) is 0 Å². The molecule has 18 heteroatoms. The summed E-state index contributed by atoms with van der Waals surface area (Å²) in [4.78, 5) is 36.1. The topological polar surface area (TPSA) is 125 Å². The zero-order valence-corrected chi connectivity index (χ0v) is 26.1. The predicted molar refractivity (Wildman–Crippen MR) is 171 cm³/mol. The molecule has 4 atom stereocenters. The van der Waals surface area contributed by atoms with Crippen molar-refractivity contribution in [3.8, 4) is 28.2 Å². The molecule has 2 unspecified atom stereocenters. The van der Waals surface area contributed by atoms with E-state index in [2.05, 4.69) is 30.7 Å². The second-order valence-corrected chi connectivity index (χ2v) is 12.0. The number of carbonyl (C=O) groups is 1. The van der Waals surface area contributed by atoms with E-state index in [1.807, 2.05) is 15.7 Å². The smallest absolute Gasteiger partial charge is 0.323 e. The standard InChI is InChI=1S/C28H24B2Cl2F3N9O2/c1-12-24(30)14(29)7-20(16-6-13(4-5-36-16)26-18(39-27(12)46)9-38-44(26)28(34)35)42-11-37-17(8-22(42)45)23-19(3-2-15(31)25(23)33)43-10-21(32)40-41-43/h2-6,8-12,14,20,24,28H,7,29-30H2,1H3,(H,39,46)/t12-,14?,20+,24?/m1/s1. The molecule has 5 aromatic rings. The van der Waals surface area contributed by atoms with Crippen LogP contribution in [-0.4, -0.2) is 60.9 Å². The molecule has 2 bridgehead atoms. The van der Waals surface area contributed by atoms with Crippen LogP contribution >= 0.6 is 23.2 Å². The molecule has 0 spiro atoms. The van der Waals surface area contributed by atoms with Gasteiger partial charge in [0.2, 0.25) is 5.91 Å². The number of aromatic nitrogens is 8. The third-order valence-corrected chi connectivity index (χ3v) is 9.01. The van der Waals surface area contributed by atoms with Gasteiger partial charge < -0.3 is 5.32 Å². The molecule has 11 nitrogen and oxygen atoms in total. The molecule has 0 fully saturated rings. The van der Waals surface area contributed by atoms with Gasteiger partial charge in [-0.3, -0.25) is 19.1 Å². The minimum Gasteiger partial charge on any atom is -0.323 e. The van der Waals surface area contributed by atoms with Crippen molar-refractivity contribution in [1.29, 1.82) is 0 Å². The van der Waals surface area contributed by atoms with Crippen molar-refractivity contribution in [1.82, 2.24) is 39.3 Å². The maximum absolute atomic E-state index is 15.5. The Kier molecular flexibility index (Phi) is 8.51. The van der Waals surface area contributed by atoms with Crippen LogP contribution in [0.1, 0.15) is 31.6 Å². The maximum Gasteiger partial charge on any atom is 0.333 e. The second kappa shape index (κ2) is 12.4. The fraction of sp³-hybridized carbons (Fsp3) is 0.250. The number of nitrogens with one attached hydrogen (secondary N) is 1. The van der Waals surface area contributed by atoms with E-state index in [-0.39, 0.29) is 56.0 Å². The summed E-state index contributed by atoms with van der Waals surface area (Å²) in [5.41, 5.74) is 0.383. The fourth-order valence-electron chi connectivity index (χ4n) is 5.71. The number of benzene rings is 1. The Bertz CT molecular complexity index is 2020. The Morgan fingerprint density at radius 1 is 1.11 bits per heavy atom. The van der Waals surface area contributed by atoms with Crippen LogP contribution in [0.2, 0.25) is 21.8 Å². The van der Waals surface area contributed by atoms with Crippen LogP contribution in [0, 0.1) is 11.7 Å². The first-order chi connectivity index (χ1) is 21.9. The van der Waals surface area contributed by atoms with Crippen molar-refractivity contribution in [2.45, 2.75) is 37.6 Å². The van der Waals surface area contributed by atoms with Crippen LogP contribution in [-0.2, 0) is 4.79 Å². The lowest BCUT2D eigenvalue weighted by Gasteiger charge is -2.30. The van der Waals surface area contributed by atoms with Crippen LogP contribution in [0.3, 0.4) is 0 Å². The number of halogens is 5. The third kappa shape index (κ3) is 5.71. The molecule has 0 radical (unpaired) electrons. The van der Waals surface area contributed by atoms with Gasteiger partial charge in [0, 0.05) is 23.7 Å². The van der Waals surface area contributed by atoms with Gasteiger partial charge in [-0.15, -0.1) is 5.10 Å². The Labute approximate surface area is 271 Å². The fourth-order valence-corrected chi connectivity index (χ4v) is 5.99. The number of anilines is 1. The minimum atomic E-state index is -2.98. The Balaban J connectivity index is 1.50. The summed E-state index contributed by atoms with van der Waals surface area (Å²) in [5, 5.41) is 14.1. The van der Waals surface area contributed by atoms with E-state index in [0.29, 0.717) is 22.4 Å². The van der Waals surface area contributed by atoms with Gasteiger partial charge >= 0.3 is 6.55 Å². The zero-order chi connectivity index (χ0) is 32.9. The minimum absolute atomic E-state index is 0.00257. The molecule has 1 aromatic carbocycles. The highest BCUT2D eigenvalue weighted by Gasteiger charge is 2.32. The maximum atomic E-state index is 15.5. The van der Waals surface area contributed by atoms with Crippen molar-refractivity contribution >= 4 is 50.5 Å². The summed E-state index contributed by atoms with van der Waals surface area (Å²) in [7, 11) is 3.87. The van der Waals surface area contributed by atoms with Gasteiger partial charge in [-0.1, -0.05) is 47.0 Å². The number of carbonyl (C=O) groups excluding carboxylic acids is 1. The number of rotatable bonds is 4. The van der Waals surface area contributed by atoms with Crippen LogP contribution in [0.15, 0.2) is 60.0 Å². The molecule has 4 aromatic heterocycles. The molecule has 0 saturated heterocycles. The van der Waals surface area contributed by atoms with Gasteiger partial charge in [0.05, 0.1) is 63.8 Å². The molecule has 5 heterocycles. The highest BCUT2D eigenvalue weighted by atomic mass is 35.5. The van der Waals surface area contributed by atoms with E-state index >= 15 is 4.39 Å². The van der Waals surface area contributed by atoms with Crippen LogP contribution in [0.25, 0.3) is 28.2 Å². The molecular formula is C28H24B2Cl2F3N9O2. The summed E-state index contributed by atoms with van der Waals surface area (Å²) in [5.74, 6) is -2.01. The lowest BCUT2D eigenvalue weighted by molar-refractivity contribution is -0.119. The lowest BCUT2D eigenvalue weighted by Crippen LogP contribution is -2.31. The van der Waals surface area contributed by atoms with Gasteiger partial charge in [-0.05, 0) is 30.7 Å². The van der Waals surface area contributed by atoms with E-state index in [1.165, 1.54) is 58.4 Å². The van der Waals surface area contributed by atoms with Crippen molar-refractivity contribution < 1.29 is 18.0 Å². The van der Waals surface area contributed by atoms with Gasteiger partial charge in [0.25, 0.3) is 5.56 Å². The summed E-state index contributed by atoms with van der Waals surface area (Å²) >= 11 is 12.0. The molecule has 234 valence electrons. The summed E-state index contributed by atoms with van der Waals surface area (Å²) < 4.78 is 46.7. The quantitative estimate of drug-likeness (QED) is 0.287. The van der Waals surface area contributed by atoms with Gasteiger partial charge in [0.15, 0.2) is 11.0 Å². The number of alkyl halides is 2. The predicted octanol–water partition coefficient (Wildman–Crippen LogP) is 4.00. The number of nitrogens with zero attached hydrogens (tertiary/aromatic N) is 8. The van der Waals surface area contributed by atoms with E-state index in [9.17, 15) is 18.4 Å². The van der Waals surface area contributed by atoms with E-state index in [4.69, 9.17) is 23.2 Å². The summed E-state index contributed by atoms with van der Waals surface area (Å²) in [6.45, 7) is -1.23. The van der Waals surface area contributed by atoms with Crippen molar-refractivity contribution in [3.05, 3.63) is 87.3 Å². The van der Waals surface area contributed by atoms with Gasteiger partial charge in [0.1, 0.15) is 15.7 Å². The highest BCUT2D eigenvalue weighted by molar-refractivity contribution is 6.31. The lowest BCUT2D eigenvalue weighted by atomic mass is 9.59. The van der Waals surface area contributed by atoms with Crippen molar-refractivity contribution in [2.75, 3.05) is 5.32 Å². The van der Waals surface area contributed by atoms with Gasteiger partial charge in [-0.2, -0.15) is 13.9 Å². The summed E-state index contributed by atoms with van der Waals surface area (Å²) in [6.07, 6.45) is 5.62. The Morgan fingerprint density at radius 3 is 2.59 bits per heavy atom. The first-order valence-corrected chi connectivity index (χ1v) is 15.0. The largest absolute Gasteiger partial charge is 0.333 e. The zero-order valence-electron chi connectivity index (χ0n) is 24.6. The molecule has 1 aliphatic rings. The van der Waals surface area contributed by atoms with Crippen LogP contribution < -0.4 is 10.9 Å². The normalized spacial score (nSPS) is 20.1. The van der Waals surface area contributed by atoms with E-state index in [1.54, 1.807) is 13.0 Å². The highest BCUT2D eigenvalue weighted by Crippen LogP contribution is 2.40. The molecule has 1 aliphatic heterocycles. The molecule has 1 N–H and O–H groups in total. The molecule has 0 aliphatic carbocycles. The van der Waals surface area contributed by atoms with Crippen molar-refractivity contribution in [2.24, 2.45) is 5.92 Å². The molecule has 6 rings (SSSR count). The Hall–Kier alpha value is -4.43.